The molecule has 0 aromatic heterocycles. The Morgan fingerprint density at radius 2 is 2.10 bits per heavy atom. The zero-order valence-electron chi connectivity index (χ0n) is 12.6. The van der Waals surface area contributed by atoms with Crippen molar-refractivity contribution >= 4 is 31.5 Å². The first-order valence-electron chi connectivity index (χ1n) is 7.19. The van der Waals surface area contributed by atoms with Crippen LogP contribution in [-0.4, -0.2) is 54.3 Å². The first-order valence-corrected chi connectivity index (χ1v) is 8.77. The van der Waals surface area contributed by atoms with E-state index in [2.05, 4.69) is 33.9 Å². The van der Waals surface area contributed by atoms with Crippen LogP contribution in [0.4, 0.5) is 5.69 Å². The molecule has 0 bridgehead atoms. The molecule has 0 spiro atoms. The first-order chi connectivity index (χ1) is 10.2. The second kappa shape index (κ2) is 8.61. The Balaban J connectivity index is 1.64. The molecule has 0 saturated carbocycles. The van der Waals surface area contributed by atoms with Crippen LogP contribution >= 0.6 is 20.7 Å². The number of para-hydroxylation sites is 1. The van der Waals surface area contributed by atoms with Crippen molar-refractivity contribution in [2.24, 2.45) is 0 Å². The largest absolute Gasteiger partial charge is 0.360 e. The number of nitrogens with zero attached hydrogens (tertiary/aromatic N) is 2. The molecule has 7 heteroatoms. The highest BCUT2D eigenvalue weighted by Crippen LogP contribution is 2.47. The minimum Gasteiger partial charge on any atom is -0.360 e. The van der Waals surface area contributed by atoms with Gasteiger partial charge in [0.2, 0.25) is 0 Å². The zero-order valence-corrected chi connectivity index (χ0v) is 14.3. The Morgan fingerprint density at radius 3 is 2.81 bits per heavy atom. The van der Waals surface area contributed by atoms with Crippen molar-refractivity contribution in [3.63, 3.8) is 0 Å². The molecule has 1 aliphatic heterocycles. The van der Waals surface area contributed by atoms with Crippen molar-refractivity contribution < 1.29 is 4.52 Å². The van der Waals surface area contributed by atoms with E-state index in [1.54, 1.807) is 0 Å². The van der Waals surface area contributed by atoms with Crippen LogP contribution in [-0.2, 0) is 4.52 Å². The van der Waals surface area contributed by atoms with Crippen LogP contribution in [0.25, 0.3) is 0 Å². The van der Waals surface area contributed by atoms with E-state index >= 15 is 0 Å². The van der Waals surface area contributed by atoms with Crippen LogP contribution in [0.15, 0.2) is 30.3 Å². The topological polar surface area (TPSA) is 39.8 Å². The number of hydrogen-bond acceptors (Lipinski definition) is 4. The van der Waals surface area contributed by atoms with Crippen molar-refractivity contribution in [1.82, 2.24) is 14.7 Å². The monoisotopic (exact) mass is 326 g/mol. The third-order valence-electron chi connectivity index (χ3n) is 3.21. The molecule has 116 valence electrons. The molecule has 1 aliphatic rings. The molecule has 1 heterocycles. The van der Waals surface area contributed by atoms with Gasteiger partial charge in [-0.2, -0.15) is 0 Å². The summed E-state index contributed by atoms with van der Waals surface area (Å²) in [6.45, 7) is 6.76. The molecule has 0 aliphatic carbocycles. The van der Waals surface area contributed by atoms with Crippen LogP contribution in [0.1, 0.15) is 6.92 Å². The lowest BCUT2D eigenvalue weighted by molar-refractivity contribution is 0.311. The van der Waals surface area contributed by atoms with Crippen LogP contribution in [0, 0.1) is 0 Å². The van der Waals surface area contributed by atoms with Gasteiger partial charge in [-0.3, -0.25) is 0 Å². The Hall–Kier alpha value is -0.780. The summed E-state index contributed by atoms with van der Waals surface area (Å²) in [6, 6.07) is 9.91. The number of benzene rings is 1. The van der Waals surface area contributed by atoms with Gasteiger partial charge in [-0.05, 0) is 31.4 Å². The summed E-state index contributed by atoms with van der Waals surface area (Å²) < 4.78 is 10.7. The van der Waals surface area contributed by atoms with Gasteiger partial charge in [-0.1, -0.05) is 25.1 Å². The fourth-order valence-corrected chi connectivity index (χ4v) is 4.12. The summed E-state index contributed by atoms with van der Waals surface area (Å²) in [4.78, 5) is 0. The molecule has 2 N–H and O–H groups in total. The minimum absolute atomic E-state index is 0.586. The number of nitrogens with one attached hydrogen (secondary N) is 2. The lowest BCUT2D eigenvalue weighted by Crippen LogP contribution is -2.31. The van der Waals surface area contributed by atoms with Gasteiger partial charge in [0, 0.05) is 31.9 Å². The molecule has 0 radical (unpaired) electrons. The molecule has 21 heavy (non-hydrogen) atoms. The number of thiocarbonyl (C=S) groups is 1. The normalized spacial score (nSPS) is 19.6. The van der Waals surface area contributed by atoms with E-state index in [-0.39, 0.29) is 0 Å². The molecule has 1 saturated heterocycles. The highest BCUT2D eigenvalue weighted by Gasteiger charge is 2.29. The molecule has 1 aromatic carbocycles. The Morgan fingerprint density at radius 1 is 1.33 bits per heavy atom. The molecule has 1 fully saturated rings. The number of rotatable bonds is 6. The summed E-state index contributed by atoms with van der Waals surface area (Å²) in [5.41, 5.74) is 0.993. The lowest BCUT2D eigenvalue weighted by atomic mass is 10.3. The number of likely N-dealkylation sites (N-methyl/N-ethyl adjacent to an activating group) is 2. The first kappa shape index (κ1) is 16.6. The standard InChI is InChI=1S/C14H23N4OPS/c1-3-18-11-10-17(2)20(18)19-12-9-15-14(21)16-13-7-5-4-6-8-13/h4-8H,3,9-12H2,1-2H3,(H2,15,16,21). The van der Waals surface area contributed by atoms with Crippen molar-refractivity contribution in [2.45, 2.75) is 6.92 Å². The smallest absolute Gasteiger partial charge is 0.187 e. The van der Waals surface area contributed by atoms with Gasteiger partial charge < -0.3 is 15.2 Å². The molecule has 5 nitrogen and oxygen atoms in total. The van der Waals surface area contributed by atoms with Gasteiger partial charge in [-0.25, -0.2) is 9.34 Å². The van der Waals surface area contributed by atoms with E-state index in [9.17, 15) is 0 Å². The van der Waals surface area contributed by atoms with E-state index in [1.165, 1.54) is 0 Å². The fourth-order valence-electron chi connectivity index (χ4n) is 2.10. The van der Waals surface area contributed by atoms with Crippen molar-refractivity contribution in [3.05, 3.63) is 30.3 Å². The third kappa shape index (κ3) is 5.16. The zero-order chi connectivity index (χ0) is 15.1. The fraction of sp³-hybridized carbons (Fsp3) is 0.500. The van der Waals surface area contributed by atoms with E-state index in [1.807, 2.05) is 30.3 Å². The summed E-state index contributed by atoms with van der Waals surface area (Å²) in [6.07, 6.45) is 0. The second-order valence-electron chi connectivity index (χ2n) is 4.76. The SMILES string of the molecule is CCN1CCN(C)P1OCCNC(=S)Nc1ccccc1. The van der Waals surface area contributed by atoms with E-state index in [0.29, 0.717) is 18.3 Å². The summed E-state index contributed by atoms with van der Waals surface area (Å²) in [5.74, 6) is 0. The average molecular weight is 326 g/mol. The lowest BCUT2D eigenvalue weighted by Gasteiger charge is -2.25. The predicted molar refractivity (Wildman–Crippen MR) is 93.4 cm³/mol. The molecule has 2 rings (SSSR count). The second-order valence-corrected chi connectivity index (χ2v) is 7.18. The highest BCUT2D eigenvalue weighted by molar-refractivity contribution is 7.80. The Labute approximate surface area is 133 Å². The maximum absolute atomic E-state index is 5.99. The maximum atomic E-state index is 5.99. The van der Waals surface area contributed by atoms with Crippen molar-refractivity contribution in [3.8, 4) is 0 Å². The Kier molecular flexibility index (Phi) is 6.80. The number of hydrogen-bond donors (Lipinski definition) is 2. The van der Waals surface area contributed by atoms with Crippen LogP contribution in [0.5, 0.6) is 0 Å². The molecule has 1 unspecified atom stereocenters. The summed E-state index contributed by atoms with van der Waals surface area (Å²) in [5, 5.41) is 6.95. The third-order valence-corrected chi connectivity index (χ3v) is 5.62. The van der Waals surface area contributed by atoms with Gasteiger partial charge in [0.25, 0.3) is 0 Å². The van der Waals surface area contributed by atoms with Gasteiger partial charge in [0.05, 0.1) is 6.61 Å². The summed E-state index contributed by atoms with van der Waals surface area (Å²) >= 11 is 5.26. The molecule has 0 amide bonds. The maximum Gasteiger partial charge on any atom is 0.187 e. The number of anilines is 1. The van der Waals surface area contributed by atoms with E-state index < -0.39 is 8.45 Å². The molecular weight excluding hydrogens is 303 g/mol. The Bertz CT molecular complexity index is 448. The predicted octanol–water partition coefficient (Wildman–Crippen LogP) is 2.48. The average Bonchev–Trinajstić information content (AvgIpc) is 2.85. The van der Waals surface area contributed by atoms with Gasteiger partial charge >= 0.3 is 0 Å². The van der Waals surface area contributed by atoms with Gasteiger partial charge in [0.15, 0.2) is 13.6 Å². The van der Waals surface area contributed by atoms with Crippen LogP contribution in [0.2, 0.25) is 0 Å². The van der Waals surface area contributed by atoms with E-state index in [0.717, 1.165) is 25.3 Å². The molecular formula is C14H23N4OPS. The van der Waals surface area contributed by atoms with Crippen LogP contribution < -0.4 is 10.6 Å². The van der Waals surface area contributed by atoms with Gasteiger partial charge in [-0.15, -0.1) is 0 Å². The summed E-state index contributed by atoms with van der Waals surface area (Å²) in [7, 11) is 1.54. The van der Waals surface area contributed by atoms with E-state index in [4.69, 9.17) is 16.7 Å². The van der Waals surface area contributed by atoms with Crippen molar-refractivity contribution in [2.75, 3.05) is 45.2 Å². The van der Waals surface area contributed by atoms with Gasteiger partial charge in [0.1, 0.15) is 0 Å². The molecule has 1 aromatic rings. The molecule has 1 atom stereocenters. The quantitative estimate of drug-likeness (QED) is 0.475. The van der Waals surface area contributed by atoms with Crippen molar-refractivity contribution in [1.29, 1.82) is 0 Å². The van der Waals surface area contributed by atoms with Crippen LogP contribution in [0.3, 0.4) is 0 Å². The minimum atomic E-state index is -0.586. The highest BCUT2D eigenvalue weighted by atomic mass is 32.1.